The molecule has 0 fully saturated rings. The minimum absolute atomic E-state index is 0.00785. The Morgan fingerprint density at radius 2 is 1.80 bits per heavy atom. The number of nitrogens with zero attached hydrogens (tertiary/aromatic N) is 1. The Morgan fingerprint density at radius 3 is 2.30 bits per heavy atom. The molecule has 0 radical (unpaired) electrons. The van der Waals surface area contributed by atoms with Crippen LogP contribution >= 0.6 is 0 Å². The second-order valence-electron chi connectivity index (χ2n) is 6.21. The Labute approximate surface area is 170 Å². The molecule has 0 saturated heterocycles. The number of rotatable bonds is 7. The molecular weight excluding hydrogens is 406 g/mol. The minimum Gasteiger partial charge on any atom is -0.466 e. The van der Waals surface area contributed by atoms with Crippen LogP contribution in [0.5, 0.6) is 5.75 Å². The lowest BCUT2D eigenvalue weighted by molar-refractivity contribution is -0.385. The molecule has 2 rings (SSSR count). The summed E-state index contributed by atoms with van der Waals surface area (Å²) in [7, 11) is 1.11. The topological polar surface area (TPSA) is 117 Å². The molecular formula is C19H20F2N2O7. The number of halogens is 2. The number of hydrogen-bond donors (Lipinski definition) is 1. The second kappa shape index (κ2) is 9.33. The number of benzene rings is 1. The summed E-state index contributed by atoms with van der Waals surface area (Å²) in [4.78, 5) is 35.8. The highest BCUT2D eigenvalue weighted by atomic mass is 19.3. The second-order valence-corrected chi connectivity index (χ2v) is 6.21. The van der Waals surface area contributed by atoms with Gasteiger partial charge in [-0.25, -0.2) is 9.59 Å². The normalized spacial score (nSPS) is 16.3. The molecule has 0 amide bonds. The maximum atomic E-state index is 13.0. The van der Waals surface area contributed by atoms with E-state index in [4.69, 9.17) is 9.47 Å². The highest BCUT2D eigenvalue weighted by Crippen LogP contribution is 2.44. The van der Waals surface area contributed by atoms with Crippen molar-refractivity contribution in [3.8, 4) is 5.75 Å². The van der Waals surface area contributed by atoms with Gasteiger partial charge in [-0.15, -0.1) is 0 Å². The average molecular weight is 426 g/mol. The van der Waals surface area contributed by atoms with Gasteiger partial charge < -0.3 is 19.5 Å². The molecule has 162 valence electrons. The van der Waals surface area contributed by atoms with Crippen LogP contribution < -0.4 is 10.1 Å². The number of nitro groups is 1. The van der Waals surface area contributed by atoms with Gasteiger partial charge in [0.05, 0.1) is 35.7 Å². The van der Waals surface area contributed by atoms with Crippen LogP contribution in [0.1, 0.15) is 32.3 Å². The zero-order valence-electron chi connectivity index (χ0n) is 16.7. The fourth-order valence-electron chi connectivity index (χ4n) is 3.24. The highest BCUT2D eigenvalue weighted by molar-refractivity contribution is 6.00. The predicted octanol–water partition coefficient (Wildman–Crippen LogP) is 3.17. The number of alkyl halides is 2. The molecule has 0 bridgehead atoms. The fourth-order valence-corrected chi connectivity index (χ4v) is 3.24. The quantitative estimate of drug-likeness (QED) is 0.401. The summed E-state index contributed by atoms with van der Waals surface area (Å²) >= 11 is 0. The zero-order valence-corrected chi connectivity index (χ0v) is 16.7. The van der Waals surface area contributed by atoms with Crippen molar-refractivity contribution in [3.63, 3.8) is 0 Å². The molecule has 30 heavy (non-hydrogen) atoms. The molecule has 0 saturated carbocycles. The summed E-state index contributed by atoms with van der Waals surface area (Å²) in [5, 5.41) is 14.2. The van der Waals surface area contributed by atoms with Crippen molar-refractivity contribution in [2.24, 2.45) is 0 Å². The number of carbonyl (C=O) groups excluding carboxylic acids is 2. The summed E-state index contributed by atoms with van der Waals surface area (Å²) in [6.07, 6.45) is 0. The van der Waals surface area contributed by atoms with Gasteiger partial charge in [-0.1, -0.05) is 0 Å². The number of hydrogen-bond acceptors (Lipinski definition) is 8. The van der Waals surface area contributed by atoms with Gasteiger partial charge in [-0.3, -0.25) is 10.1 Å². The number of non-ortho nitro benzene ring substituents is 1. The van der Waals surface area contributed by atoms with Crippen molar-refractivity contribution in [3.05, 3.63) is 56.4 Å². The molecule has 0 aliphatic carbocycles. The van der Waals surface area contributed by atoms with Gasteiger partial charge >= 0.3 is 18.6 Å². The first kappa shape index (κ1) is 22.8. The van der Waals surface area contributed by atoms with Crippen molar-refractivity contribution < 1.29 is 37.5 Å². The van der Waals surface area contributed by atoms with Crippen LogP contribution in [0.4, 0.5) is 14.5 Å². The maximum Gasteiger partial charge on any atom is 0.387 e. The van der Waals surface area contributed by atoms with Crippen LogP contribution in [0.3, 0.4) is 0 Å². The fraction of sp³-hybridized carbons (Fsp3) is 0.368. The lowest BCUT2D eigenvalue weighted by Gasteiger charge is -2.31. The number of carbonyl (C=O) groups is 2. The first-order chi connectivity index (χ1) is 14.1. The molecule has 1 heterocycles. The number of nitrogens with one attached hydrogen (secondary N) is 1. The van der Waals surface area contributed by atoms with E-state index in [0.29, 0.717) is 0 Å². The van der Waals surface area contributed by atoms with E-state index in [9.17, 15) is 28.5 Å². The minimum atomic E-state index is -3.24. The van der Waals surface area contributed by atoms with Crippen molar-refractivity contribution >= 4 is 17.6 Å². The largest absolute Gasteiger partial charge is 0.466 e. The van der Waals surface area contributed by atoms with E-state index in [0.717, 1.165) is 25.3 Å². The number of esters is 2. The molecule has 9 nitrogen and oxygen atoms in total. The molecule has 1 N–H and O–H groups in total. The third-order valence-electron chi connectivity index (χ3n) is 4.39. The smallest absolute Gasteiger partial charge is 0.387 e. The van der Waals surface area contributed by atoms with Crippen LogP contribution in [0.15, 0.2) is 40.7 Å². The van der Waals surface area contributed by atoms with Crippen LogP contribution in [0, 0.1) is 10.1 Å². The van der Waals surface area contributed by atoms with Crippen molar-refractivity contribution in [1.29, 1.82) is 0 Å². The van der Waals surface area contributed by atoms with E-state index in [2.05, 4.69) is 10.1 Å². The van der Waals surface area contributed by atoms with Crippen molar-refractivity contribution in [2.75, 3.05) is 13.7 Å². The van der Waals surface area contributed by atoms with Crippen molar-refractivity contribution in [1.82, 2.24) is 5.32 Å². The lowest BCUT2D eigenvalue weighted by Crippen LogP contribution is -2.32. The Bertz CT molecular complexity index is 941. The summed E-state index contributed by atoms with van der Waals surface area (Å²) in [6, 6.07) is 2.96. The van der Waals surface area contributed by atoms with Gasteiger partial charge in [0, 0.05) is 29.1 Å². The summed E-state index contributed by atoms with van der Waals surface area (Å²) in [6.45, 7) is 1.39. The number of dihydropyridines is 1. The Balaban J connectivity index is 2.85. The molecule has 0 unspecified atom stereocenters. The third-order valence-corrected chi connectivity index (χ3v) is 4.39. The third kappa shape index (κ3) is 4.56. The molecule has 1 aromatic carbocycles. The van der Waals surface area contributed by atoms with Gasteiger partial charge in [0.25, 0.3) is 5.69 Å². The zero-order chi connectivity index (χ0) is 22.6. The molecule has 1 aromatic rings. The monoisotopic (exact) mass is 426 g/mol. The summed E-state index contributed by atoms with van der Waals surface area (Å²) < 4.78 is 40.4. The highest BCUT2D eigenvalue weighted by Gasteiger charge is 2.40. The maximum absolute atomic E-state index is 13.0. The Hall–Kier alpha value is -3.50. The number of nitro benzene ring substituents is 1. The van der Waals surface area contributed by atoms with Crippen LogP contribution in [0.25, 0.3) is 0 Å². The molecule has 1 aliphatic heterocycles. The molecule has 0 spiro atoms. The van der Waals surface area contributed by atoms with Gasteiger partial charge in [-0.05, 0) is 26.8 Å². The SMILES string of the molecule is CCOC(=O)C1=C(C)NC(C)=C(C(=O)OC)[C@H]1c1cc([N+](=O)[O-])ccc1OC(F)F. The summed E-state index contributed by atoms with van der Waals surface area (Å²) in [5.74, 6) is -3.40. The number of ether oxygens (including phenoxy) is 3. The standard InChI is InChI=1S/C19H20F2N2O7/c1-5-29-18(25)15-10(3)22-9(2)14(17(24)28-4)16(15)12-8-11(23(26)27)6-7-13(12)30-19(20)21/h6-8,16,19,22H,5H2,1-4H3/t16-/m1/s1. The van der Waals surface area contributed by atoms with Gasteiger partial charge in [-0.2, -0.15) is 8.78 Å². The molecule has 11 heteroatoms. The Kier molecular flexibility index (Phi) is 7.09. The van der Waals surface area contributed by atoms with Crippen molar-refractivity contribution in [2.45, 2.75) is 33.3 Å². The van der Waals surface area contributed by atoms with Crippen LogP contribution in [0.2, 0.25) is 0 Å². The predicted molar refractivity (Wildman–Crippen MR) is 99.7 cm³/mol. The van der Waals surface area contributed by atoms with E-state index in [1.165, 1.54) is 13.8 Å². The molecule has 1 atom stereocenters. The molecule has 1 aliphatic rings. The Morgan fingerprint density at radius 1 is 1.20 bits per heavy atom. The first-order valence-electron chi connectivity index (χ1n) is 8.79. The average Bonchev–Trinajstić information content (AvgIpc) is 2.66. The molecule has 0 aromatic heterocycles. The first-order valence-corrected chi connectivity index (χ1v) is 8.79. The van der Waals surface area contributed by atoms with E-state index in [-0.39, 0.29) is 34.7 Å². The van der Waals surface area contributed by atoms with Gasteiger partial charge in [0.2, 0.25) is 0 Å². The number of methoxy groups -OCH3 is 1. The van der Waals surface area contributed by atoms with Gasteiger partial charge in [0.1, 0.15) is 5.75 Å². The van der Waals surface area contributed by atoms with Gasteiger partial charge in [0.15, 0.2) is 0 Å². The number of allylic oxidation sites excluding steroid dienone is 2. The van der Waals surface area contributed by atoms with E-state index in [1.54, 1.807) is 6.92 Å². The lowest BCUT2D eigenvalue weighted by atomic mass is 9.80. The summed E-state index contributed by atoms with van der Waals surface area (Å²) in [5.41, 5.74) is -0.209. The van der Waals surface area contributed by atoms with E-state index >= 15 is 0 Å². The van der Waals surface area contributed by atoms with E-state index < -0.39 is 40.8 Å². The van der Waals surface area contributed by atoms with Crippen LogP contribution in [-0.2, 0) is 19.1 Å². The van der Waals surface area contributed by atoms with E-state index in [1.807, 2.05) is 0 Å². The van der Waals surface area contributed by atoms with Crippen LogP contribution in [-0.4, -0.2) is 37.2 Å².